The summed E-state index contributed by atoms with van der Waals surface area (Å²) in [5.41, 5.74) is 7.66. The Kier molecular flexibility index (Phi) is 4.06. The number of nitrogens with one attached hydrogen (secondary N) is 1. The maximum atomic E-state index is 5.76. The van der Waals surface area contributed by atoms with E-state index < -0.39 is 0 Å². The smallest absolute Gasteiger partial charge is 0.115 e. The molecular weight excluding hydrogens is 280 g/mol. The molecule has 4 nitrogen and oxygen atoms in total. The van der Waals surface area contributed by atoms with Crippen LogP contribution in [0.5, 0.6) is 0 Å². The summed E-state index contributed by atoms with van der Waals surface area (Å²) in [4.78, 5) is 8.10. The van der Waals surface area contributed by atoms with Gasteiger partial charge < -0.3 is 11.1 Å². The van der Waals surface area contributed by atoms with Crippen molar-refractivity contribution in [3.8, 4) is 0 Å². The second kappa shape index (κ2) is 5.75. The van der Waals surface area contributed by atoms with Gasteiger partial charge >= 0.3 is 0 Å². The van der Waals surface area contributed by atoms with E-state index in [0.717, 1.165) is 15.9 Å². The van der Waals surface area contributed by atoms with Crippen LogP contribution in [-0.4, -0.2) is 16.5 Å². The summed E-state index contributed by atoms with van der Waals surface area (Å²) in [5.74, 6) is 0. The molecule has 1 atom stereocenters. The van der Waals surface area contributed by atoms with E-state index in [1.54, 1.807) is 6.20 Å². The third-order valence-electron chi connectivity index (χ3n) is 2.36. The van der Waals surface area contributed by atoms with E-state index in [1.165, 1.54) is 6.33 Å². The zero-order valence-electron chi connectivity index (χ0n) is 9.18. The molecule has 88 valence electrons. The van der Waals surface area contributed by atoms with Crippen molar-refractivity contribution in [1.29, 1.82) is 0 Å². The lowest BCUT2D eigenvalue weighted by Crippen LogP contribution is -2.21. The van der Waals surface area contributed by atoms with E-state index in [1.807, 2.05) is 30.3 Å². The predicted octanol–water partition coefficient (Wildman–Crippen LogP) is 2.35. The van der Waals surface area contributed by atoms with Crippen LogP contribution in [0.4, 0.5) is 5.69 Å². The molecule has 5 heteroatoms. The van der Waals surface area contributed by atoms with E-state index in [2.05, 4.69) is 31.2 Å². The Morgan fingerprint density at radius 3 is 2.88 bits per heavy atom. The maximum absolute atomic E-state index is 5.76. The molecule has 1 unspecified atom stereocenters. The average Bonchev–Trinajstić information content (AvgIpc) is 2.37. The highest BCUT2D eigenvalue weighted by molar-refractivity contribution is 9.10. The van der Waals surface area contributed by atoms with Gasteiger partial charge in [0.05, 0.1) is 11.7 Å². The topological polar surface area (TPSA) is 63.8 Å². The van der Waals surface area contributed by atoms with Crippen molar-refractivity contribution in [2.75, 3.05) is 11.9 Å². The second-order valence-corrected chi connectivity index (χ2v) is 4.49. The van der Waals surface area contributed by atoms with Gasteiger partial charge in [-0.2, -0.15) is 0 Å². The highest BCUT2D eigenvalue weighted by Gasteiger charge is 2.10. The minimum absolute atomic E-state index is 0.00713. The van der Waals surface area contributed by atoms with Crippen LogP contribution in [-0.2, 0) is 0 Å². The molecule has 0 aliphatic rings. The number of hydrogen-bond donors (Lipinski definition) is 2. The molecular formula is C12H13BrN4. The van der Waals surface area contributed by atoms with Gasteiger partial charge in [0.25, 0.3) is 0 Å². The van der Waals surface area contributed by atoms with Gasteiger partial charge in [-0.1, -0.05) is 22.0 Å². The monoisotopic (exact) mass is 292 g/mol. The Labute approximate surface area is 108 Å². The summed E-state index contributed by atoms with van der Waals surface area (Å²) in [6.07, 6.45) is 3.24. The summed E-state index contributed by atoms with van der Waals surface area (Å²) in [5, 5.41) is 3.34. The molecule has 0 amide bonds. The molecule has 0 aliphatic heterocycles. The lowest BCUT2D eigenvalue weighted by molar-refractivity contribution is 0.755. The molecule has 2 aromatic rings. The second-order valence-electron chi connectivity index (χ2n) is 3.58. The minimum Gasteiger partial charge on any atom is -0.375 e. The fraction of sp³-hybridized carbons (Fsp3) is 0.167. The van der Waals surface area contributed by atoms with E-state index in [9.17, 15) is 0 Å². The zero-order chi connectivity index (χ0) is 12.1. The molecule has 1 aromatic carbocycles. The van der Waals surface area contributed by atoms with Gasteiger partial charge in [0.1, 0.15) is 6.33 Å². The fourth-order valence-corrected chi connectivity index (χ4v) is 1.94. The summed E-state index contributed by atoms with van der Waals surface area (Å²) >= 11 is 3.43. The molecule has 0 saturated heterocycles. The van der Waals surface area contributed by atoms with E-state index in [-0.39, 0.29) is 6.04 Å². The van der Waals surface area contributed by atoms with Gasteiger partial charge in [-0.3, -0.25) is 0 Å². The van der Waals surface area contributed by atoms with E-state index >= 15 is 0 Å². The van der Waals surface area contributed by atoms with Crippen LogP contribution in [0.1, 0.15) is 11.7 Å². The SMILES string of the molecule is NCC(Nc1cccc(Br)c1)c1ccncn1. The van der Waals surface area contributed by atoms with Crippen molar-refractivity contribution < 1.29 is 0 Å². The van der Waals surface area contributed by atoms with Crippen molar-refractivity contribution in [3.63, 3.8) is 0 Å². The first-order valence-electron chi connectivity index (χ1n) is 5.27. The molecule has 1 heterocycles. The Balaban J connectivity index is 2.16. The van der Waals surface area contributed by atoms with Crippen LogP contribution in [0, 0.1) is 0 Å². The molecule has 17 heavy (non-hydrogen) atoms. The van der Waals surface area contributed by atoms with Gasteiger partial charge in [-0.25, -0.2) is 9.97 Å². The van der Waals surface area contributed by atoms with Crippen LogP contribution in [0.15, 0.2) is 47.3 Å². The van der Waals surface area contributed by atoms with Gasteiger partial charge in [-0.15, -0.1) is 0 Å². The Bertz CT molecular complexity index is 475. The van der Waals surface area contributed by atoms with Gasteiger partial charge in [0.2, 0.25) is 0 Å². The van der Waals surface area contributed by atoms with Crippen molar-refractivity contribution in [2.24, 2.45) is 5.73 Å². The van der Waals surface area contributed by atoms with E-state index in [0.29, 0.717) is 6.54 Å². The lowest BCUT2D eigenvalue weighted by Gasteiger charge is -2.17. The fourth-order valence-electron chi connectivity index (χ4n) is 1.54. The first-order valence-corrected chi connectivity index (χ1v) is 6.07. The summed E-state index contributed by atoms with van der Waals surface area (Å²) in [7, 11) is 0. The Morgan fingerprint density at radius 2 is 2.24 bits per heavy atom. The third-order valence-corrected chi connectivity index (χ3v) is 2.86. The van der Waals surface area contributed by atoms with Crippen LogP contribution in [0.3, 0.4) is 0 Å². The highest BCUT2D eigenvalue weighted by atomic mass is 79.9. The predicted molar refractivity (Wildman–Crippen MR) is 71.6 cm³/mol. The number of rotatable bonds is 4. The van der Waals surface area contributed by atoms with Crippen LogP contribution >= 0.6 is 15.9 Å². The molecule has 1 aromatic heterocycles. The normalized spacial score (nSPS) is 12.1. The molecule has 3 N–H and O–H groups in total. The number of nitrogens with two attached hydrogens (primary N) is 1. The summed E-state index contributed by atoms with van der Waals surface area (Å²) in [6, 6.07) is 9.81. The summed E-state index contributed by atoms with van der Waals surface area (Å²) in [6.45, 7) is 0.476. The number of benzene rings is 1. The first-order chi connectivity index (χ1) is 8.29. The standard InChI is InChI=1S/C12H13BrN4/c13-9-2-1-3-10(6-9)17-12(7-14)11-4-5-15-8-16-11/h1-6,8,12,17H,7,14H2. The van der Waals surface area contributed by atoms with Crippen molar-refractivity contribution in [2.45, 2.75) is 6.04 Å². The number of aromatic nitrogens is 2. The molecule has 0 fully saturated rings. The lowest BCUT2D eigenvalue weighted by atomic mass is 10.2. The Hall–Kier alpha value is -1.46. The largest absolute Gasteiger partial charge is 0.375 e. The minimum atomic E-state index is -0.00713. The zero-order valence-corrected chi connectivity index (χ0v) is 10.8. The average molecular weight is 293 g/mol. The Morgan fingerprint density at radius 1 is 1.35 bits per heavy atom. The molecule has 0 saturated carbocycles. The summed E-state index contributed by atoms with van der Waals surface area (Å²) < 4.78 is 1.03. The number of hydrogen-bond acceptors (Lipinski definition) is 4. The van der Waals surface area contributed by atoms with Gasteiger partial charge in [0.15, 0.2) is 0 Å². The van der Waals surface area contributed by atoms with Crippen molar-refractivity contribution >= 4 is 21.6 Å². The van der Waals surface area contributed by atoms with E-state index in [4.69, 9.17) is 5.73 Å². The van der Waals surface area contributed by atoms with Crippen LogP contribution < -0.4 is 11.1 Å². The number of halogens is 1. The molecule has 0 radical (unpaired) electrons. The third kappa shape index (κ3) is 3.25. The van der Waals surface area contributed by atoms with Crippen LogP contribution in [0.25, 0.3) is 0 Å². The quantitative estimate of drug-likeness (QED) is 0.908. The maximum Gasteiger partial charge on any atom is 0.115 e. The molecule has 0 bridgehead atoms. The number of nitrogens with zero attached hydrogens (tertiary/aromatic N) is 2. The molecule has 0 spiro atoms. The van der Waals surface area contributed by atoms with Crippen molar-refractivity contribution in [1.82, 2.24) is 9.97 Å². The molecule has 0 aliphatic carbocycles. The number of anilines is 1. The molecule has 2 rings (SSSR count). The van der Waals surface area contributed by atoms with Gasteiger partial charge in [0, 0.05) is 22.9 Å². The first kappa shape index (κ1) is 12.0. The van der Waals surface area contributed by atoms with Crippen molar-refractivity contribution in [3.05, 3.63) is 53.0 Å². The van der Waals surface area contributed by atoms with Gasteiger partial charge in [-0.05, 0) is 24.3 Å². The highest BCUT2D eigenvalue weighted by Crippen LogP contribution is 2.20. The van der Waals surface area contributed by atoms with Crippen LogP contribution in [0.2, 0.25) is 0 Å².